The lowest BCUT2D eigenvalue weighted by Gasteiger charge is -2.50. The molecule has 0 radical (unpaired) electrons. The van der Waals surface area contributed by atoms with Crippen molar-refractivity contribution in [3.05, 3.63) is 0 Å². The van der Waals surface area contributed by atoms with Crippen LogP contribution in [-0.4, -0.2) is 68.3 Å². The van der Waals surface area contributed by atoms with Gasteiger partial charge in [-0.3, -0.25) is 4.90 Å². The van der Waals surface area contributed by atoms with Gasteiger partial charge in [0.2, 0.25) is 0 Å². The molecule has 20 heavy (non-hydrogen) atoms. The van der Waals surface area contributed by atoms with E-state index in [-0.39, 0.29) is 5.54 Å². The first kappa shape index (κ1) is 16.2. The highest BCUT2D eigenvalue weighted by molar-refractivity contribution is 4.97. The van der Waals surface area contributed by atoms with Gasteiger partial charge in [0.1, 0.15) is 0 Å². The van der Waals surface area contributed by atoms with Crippen molar-refractivity contribution in [2.24, 2.45) is 11.7 Å². The smallest absolute Gasteiger partial charge is 0.0590 e. The molecule has 2 rings (SSSR count). The lowest BCUT2D eigenvalue weighted by molar-refractivity contribution is -0.0803. The van der Waals surface area contributed by atoms with Crippen molar-refractivity contribution in [2.75, 3.05) is 46.9 Å². The van der Waals surface area contributed by atoms with Crippen molar-refractivity contribution in [3.63, 3.8) is 0 Å². The first-order chi connectivity index (χ1) is 9.59. The summed E-state index contributed by atoms with van der Waals surface area (Å²) in [5, 5.41) is 0. The molecule has 0 bridgehead atoms. The van der Waals surface area contributed by atoms with Gasteiger partial charge in [0, 0.05) is 25.2 Å². The molecule has 0 aromatic heterocycles. The van der Waals surface area contributed by atoms with Gasteiger partial charge in [-0.2, -0.15) is 0 Å². The largest absolute Gasteiger partial charge is 0.378 e. The van der Waals surface area contributed by atoms with Gasteiger partial charge >= 0.3 is 0 Å². The van der Waals surface area contributed by atoms with E-state index in [0.717, 1.165) is 38.3 Å². The van der Waals surface area contributed by atoms with Gasteiger partial charge < -0.3 is 15.4 Å². The molecule has 2 fully saturated rings. The normalized spacial score (nSPS) is 33.8. The zero-order chi connectivity index (χ0) is 14.6. The second kappa shape index (κ2) is 7.21. The molecule has 0 aromatic carbocycles. The van der Waals surface area contributed by atoms with Crippen LogP contribution in [0.1, 0.15) is 39.0 Å². The number of hydrogen-bond donors (Lipinski definition) is 1. The molecule has 2 atom stereocenters. The Kier molecular flexibility index (Phi) is 5.84. The van der Waals surface area contributed by atoms with Crippen LogP contribution in [-0.2, 0) is 4.74 Å². The molecule has 0 aromatic rings. The summed E-state index contributed by atoms with van der Waals surface area (Å²) < 4.78 is 5.86. The van der Waals surface area contributed by atoms with E-state index in [4.69, 9.17) is 10.5 Å². The highest BCUT2D eigenvalue weighted by Crippen LogP contribution is 2.34. The van der Waals surface area contributed by atoms with Crippen LogP contribution in [0, 0.1) is 5.92 Å². The molecule has 2 heterocycles. The highest BCUT2D eigenvalue weighted by Gasteiger charge is 2.41. The SMILES string of the molecule is CCC1CC(CN)(N2CCC(CN(C)C)CC2)CCO1. The van der Waals surface area contributed by atoms with Crippen LogP contribution in [0.3, 0.4) is 0 Å². The molecule has 2 saturated heterocycles. The Morgan fingerprint density at radius 2 is 2.00 bits per heavy atom. The Bertz CT molecular complexity index is 289. The van der Waals surface area contributed by atoms with Crippen LogP contribution in [0.5, 0.6) is 0 Å². The van der Waals surface area contributed by atoms with Crippen molar-refractivity contribution < 1.29 is 4.74 Å². The standard InChI is InChI=1S/C16H33N3O/c1-4-15-11-16(13-17,7-10-20-15)19-8-5-14(6-9-19)12-18(2)3/h14-15H,4-13,17H2,1-3H3. The molecule has 0 aliphatic carbocycles. The first-order valence-corrected chi connectivity index (χ1v) is 8.31. The number of nitrogens with two attached hydrogens (primary N) is 1. The monoisotopic (exact) mass is 283 g/mol. The molecule has 2 unspecified atom stereocenters. The molecule has 2 aliphatic rings. The third-order valence-electron chi connectivity index (χ3n) is 5.27. The fourth-order valence-electron chi connectivity index (χ4n) is 3.97. The van der Waals surface area contributed by atoms with Crippen LogP contribution >= 0.6 is 0 Å². The number of hydrogen-bond acceptors (Lipinski definition) is 4. The van der Waals surface area contributed by atoms with Crippen LogP contribution in [0.2, 0.25) is 0 Å². The van der Waals surface area contributed by atoms with E-state index in [2.05, 4.69) is 30.8 Å². The number of nitrogens with zero attached hydrogens (tertiary/aromatic N) is 2. The minimum absolute atomic E-state index is 0.210. The molecule has 0 amide bonds. The van der Waals surface area contributed by atoms with Gasteiger partial charge in [-0.15, -0.1) is 0 Å². The molecule has 4 nitrogen and oxygen atoms in total. The van der Waals surface area contributed by atoms with Gasteiger partial charge in [-0.25, -0.2) is 0 Å². The quantitative estimate of drug-likeness (QED) is 0.831. The Balaban J connectivity index is 1.92. The van der Waals surface area contributed by atoms with Crippen LogP contribution in [0.15, 0.2) is 0 Å². The fraction of sp³-hybridized carbons (Fsp3) is 1.00. The van der Waals surface area contributed by atoms with Gasteiger partial charge in [0.05, 0.1) is 6.10 Å². The second-order valence-corrected chi connectivity index (χ2v) is 6.98. The maximum Gasteiger partial charge on any atom is 0.0590 e. The number of rotatable bonds is 5. The average molecular weight is 283 g/mol. The minimum atomic E-state index is 0.210. The van der Waals surface area contributed by atoms with Crippen molar-refractivity contribution >= 4 is 0 Å². The van der Waals surface area contributed by atoms with E-state index in [1.165, 1.54) is 32.5 Å². The molecule has 0 spiro atoms. The summed E-state index contributed by atoms with van der Waals surface area (Å²) in [5.74, 6) is 0.859. The highest BCUT2D eigenvalue weighted by atomic mass is 16.5. The van der Waals surface area contributed by atoms with Gasteiger partial charge in [-0.1, -0.05) is 6.92 Å². The van der Waals surface area contributed by atoms with Crippen LogP contribution < -0.4 is 5.73 Å². The summed E-state index contributed by atoms with van der Waals surface area (Å²) in [4.78, 5) is 5.00. The van der Waals surface area contributed by atoms with E-state index in [9.17, 15) is 0 Å². The van der Waals surface area contributed by atoms with Crippen LogP contribution in [0.25, 0.3) is 0 Å². The summed E-state index contributed by atoms with van der Waals surface area (Å²) in [6.45, 7) is 7.54. The number of likely N-dealkylation sites (tertiary alicyclic amines) is 1. The number of ether oxygens (including phenoxy) is 1. The summed E-state index contributed by atoms with van der Waals surface area (Å²) in [6.07, 6.45) is 6.39. The van der Waals surface area contributed by atoms with Gasteiger partial charge in [0.25, 0.3) is 0 Å². The predicted molar refractivity (Wildman–Crippen MR) is 83.9 cm³/mol. The summed E-state index contributed by atoms with van der Waals surface area (Å²) in [7, 11) is 4.36. The van der Waals surface area contributed by atoms with E-state index in [0.29, 0.717) is 6.10 Å². The third kappa shape index (κ3) is 3.73. The first-order valence-electron chi connectivity index (χ1n) is 8.31. The van der Waals surface area contributed by atoms with E-state index in [1.807, 2.05) is 0 Å². The maximum atomic E-state index is 6.20. The zero-order valence-corrected chi connectivity index (χ0v) is 13.6. The maximum absolute atomic E-state index is 6.20. The minimum Gasteiger partial charge on any atom is -0.378 e. The summed E-state index contributed by atoms with van der Waals surface area (Å²) in [5.41, 5.74) is 6.41. The number of piperidine rings is 1. The second-order valence-electron chi connectivity index (χ2n) is 6.98. The summed E-state index contributed by atoms with van der Waals surface area (Å²) >= 11 is 0. The lowest BCUT2D eigenvalue weighted by atomic mass is 9.81. The molecule has 4 heteroatoms. The Morgan fingerprint density at radius 1 is 1.30 bits per heavy atom. The van der Waals surface area contributed by atoms with Crippen molar-refractivity contribution in [1.82, 2.24) is 9.80 Å². The Labute approximate surface area is 124 Å². The van der Waals surface area contributed by atoms with Crippen molar-refractivity contribution in [3.8, 4) is 0 Å². The van der Waals surface area contributed by atoms with Crippen molar-refractivity contribution in [1.29, 1.82) is 0 Å². The van der Waals surface area contributed by atoms with E-state index in [1.54, 1.807) is 0 Å². The lowest BCUT2D eigenvalue weighted by Crippen LogP contribution is -2.60. The fourth-order valence-corrected chi connectivity index (χ4v) is 3.97. The molecule has 0 saturated carbocycles. The molecule has 118 valence electrons. The Morgan fingerprint density at radius 3 is 2.55 bits per heavy atom. The zero-order valence-electron chi connectivity index (χ0n) is 13.6. The molecule has 2 N–H and O–H groups in total. The predicted octanol–water partition coefficient (Wildman–Crippen LogP) is 1.55. The molecular weight excluding hydrogens is 250 g/mol. The van der Waals surface area contributed by atoms with Gasteiger partial charge in [-0.05, 0) is 65.2 Å². The average Bonchev–Trinajstić information content (AvgIpc) is 2.47. The van der Waals surface area contributed by atoms with Gasteiger partial charge in [0.15, 0.2) is 0 Å². The van der Waals surface area contributed by atoms with Crippen LogP contribution in [0.4, 0.5) is 0 Å². The van der Waals surface area contributed by atoms with E-state index < -0.39 is 0 Å². The molecular formula is C16H33N3O. The van der Waals surface area contributed by atoms with Crippen molar-refractivity contribution in [2.45, 2.75) is 50.7 Å². The third-order valence-corrected chi connectivity index (χ3v) is 5.27. The Hall–Kier alpha value is -0.160. The van der Waals surface area contributed by atoms with E-state index >= 15 is 0 Å². The summed E-state index contributed by atoms with van der Waals surface area (Å²) in [6, 6.07) is 0. The topological polar surface area (TPSA) is 41.7 Å². The molecule has 2 aliphatic heterocycles.